The zero-order valence-corrected chi connectivity index (χ0v) is 11.9. The Morgan fingerprint density at radius 3 is 3.00 bits per heavy atom. The first-order valence-corrected chi connectivity index (χ1v) is 7.27. The molecule has 0 aliphatic heterocycles. The van der Waals surface area contributed by atoms with Crippen molar-refractivity contribution in [3.63, 3.8) is 0 Å². The summed E-state index contributed by atoms with van der Waals surface area (Å²) in [7, 11) is 0. The van der Waals surface area contributed by atoms with E-state index in [1.165, 1.54) is 5.56 Å². The molecule has 2 aromatic heterocycles. The maximum absolute atomic E-state index is 5.94. The summed E-state index contributed by atoms with van der Waals surface area (Å²) in [4.78, 5) is 12.1. The average molecular weight is 290 g/mol. The summed E-state index contributed by atoms with van der Waals surface area (Å²) in [6.07, 6.45) is 1.72. The van der Waals surface area contributed by atoms with Crippen LogP contribution in [-0.4, -0.2) is 15.0 Å². The third kappa shape index (κ3) is 2.91. The number of aromatic amines is 1. The molecule has 0 aliphatic rings. The van der Waals surface area contributed by atoms with Crippen LogP contribution < -0.4 is 0 Å². The van der Waals surface area contributed by atoms with Crippen LogP contribution in [0.15, 0.2) is 41.7 Å². The van der Waals surface area contributed by atoms with E-state index in [9.17, 15) is 0 Å². The minimum Gasteiger partial charge on any atom is -0.333 e. The lowest BCUT2D eigenvalue weighted by atomic mass is 10.2. The van der Waals surface area contributed by atoms with Gasteiger partial charge in [-0.05, 0) is 36.8 Å². The zero-order chi connectivity index (χ0) is 13.2. The van der Waals surface area contributed by atoms with Gasteiger partial charge in [0.15, 0.2) is 5.16 Å². The molecule has 0 fully saturated rings. The maximum Gasteiger partial charge on any atom is 0.166 e. The lowest BCUT2D eigenvalue weighted by Crippen LogP contribution is -1.86. The van der Waals surface area contributed by atoms with Crippen molar-refractivity contribution in [3.05, 3.63) is 52.8 Å². The number of aryl methyl sites for hydroxylation is 1. The second-order valence-corrected chi connectivity index (χ2v) is 5.72. The van der Waals surface area contributed by atoms with Crippen molar-refractivity contribution in [1.29, 1.82) is 0 Å². The molecule has 2 heterocycles. The molecule has 5 heteroatoms. The van der Waals surface area contributed by atoms with Crippen LogP contribution in [0.3, 0.4) is 0 Å². The Labute approximate surface area is 120 Å². The van der Waals surface area contributed by atoms with Gasteiger partial charge in [0.25, 0.3) is 0 Å². The van der Waals surface area contributed by atoms with E-state index in [1.54, 1.807) is 24.0 Å². The van der Waals surface area contributed by atoms with Crippen molar-refractivity contribution >= 4 is 34.4 Å². The predicted octanol–water partition coefficient (Wildman–Crippen LogP) is 4.21. The molecule has 3 nitrogen and oxygen atoms in total. The summed E-state index contributed by atoms with van der Waals surface area (Å²) in [5, 5.41) is 1.62. The summed E-state index contributed by atoms with van der Waals surface area (Å²) in [5.74, 6) is 0.749. The molecule has 0 saturated heterocycles. The van der Waals surface area contributed by atoms with Crippen LogP contribution in [0.4, 0.5) is 0 Å². The molecule has 0 saturated carbocycles. The number of thioether (sulfide) groups is 1. The van der Waals surface area contributed by atoms with E-state index in [4.69, 9.17) is 11.6 Å². The first-order valence-electron chi connectivity index (χ1n) is 5.90. The lowest BCUT2D eigenvalue weighted by molar-refractivity contribution is 1.07. The normalized spacial score (nSPS) is 11.1. The molecule has 0 bridgehead atoms. The molecule has 0 atom stereocenters. The smallest absolute Gasteiger partial charge is 0.166 e. The standard InChI is InChI=1S/C14H12ClN3S/c1-9-2-3-12-13(6-9)18-14(17-12)19-8-11-7-10(15)4-5-16-11/h2-7H,8H2,1H3,(H,17,18). The Hall–Kier alpha value is -1.52. The predicted molar refractivity (Wildman–Crippen MR) is 79.6 cm³/mol. The fourth-order valence-corrected chi connectivity index (χ4v) is 2.81. The highest BCUT2D eigenvalue weighted by Gasteiger charge is 2.04. The largest absolute Gasteiger partial charge is 0.333 e. The number of hydrogen-bond donors (Lipinski definition) is 1. The van der Waals surface area contributed by atoms with Crippen molar-refractivity contribution in [2.45, 2.75) is 17.8 Å². The van der Waals surface area contributed by atoms with Crippen LogP contribution in [-0.2, 0) is 5.75 Å². The maximum atomic E-state index is 5.94. The van der Waals surface area contributed by atoms with Gasteiger partial charge in [-0.25, -0.2) is 4.98 Å². The van der Waals surface area contributed by atoms with Gasteiger partial charge in [-0.3, -0.25) is 4.98 Å². The molecule has 3 aromatic rings. The number of nitrogens with one attached hydrogen (secondary N) is 1. The van der Waals surface area contributed by atoms with Crippen molar-refractivity contribution in [1.82, 2.24) is 15.0 Å². The van der Waals surface area contributed by atoms with Crippen LogP contribution >= 0.6 is 23.4 Å². The van der Waals surface area contributed by atoms with Crippen molar-refractivity contribution in [2.75, 3.05) is 0 Å². The Balaban J connectivity index is 1.78. The molecular formula is C14H12ClN3S. The fraction of sp³-hybridized carbons (Fsp3) is 0.143. The summed E-state index contributed by atoms with van der Waals surface area (Å²) in [6.45, 7) is 2.07. The zero-order valence-electron chi connectivity index (χ0n) is 10.4. The summed E-state index contributed by atoms with van der Waals surface area (Å²) in [6, 6.07) is 9.85. The first kappa shape index (κ1) is 12.5. The molecule has 0 amide bonds. The number of rotatable bonds is 3. The highest BCUT2D eigenvalue weighted by molar-refractivity contribution is 7.98. The van der Waals surface area contributed by atoms with Gasteiger partial charge >= 0.3 is 0 Å². The van der Waals surface area contributed by atoms with E-state index in [0.29, 0.717) is 5.02 Å². The van der Waals surface area contributed by atoms with Gasteiger partial charge < -0.3 is 4.98 Å². The summed E-state index contributed by atoms with van der Waals surface area (Å²) < 4.78 is 0. The fourth-order valence-electron chi connectivity index (χ4n) is 1.84. The van der Waals surface area contributed by atoms with Gasteiger partial charge in [0.1, 0.15) is 0 Å². The number of nitrogens with zero attached hydrogens (tertiary/aromatic N) is 2. The molecule has 0 unspecified atom stereocenters. The van der Waals surface area contributed by atoms with Crippen LogP contribution in [0.5, 0.6) is 0 Å². The van der Waals surface area contributed by atoms with Crippen molar-refractivity contribution < 1.29 is 0 Å². The second-order valence-electron chi connectivity index (χ2n) is 4.32. The van der Waals surface area contributed by atoms with Crippen molar-refractivity contribution in [3.8, 4) is 0 Å². The van der Waals surface area contributed by atoms with Gasteiger partial charge in [0.05, 0.1) is 16.7 Å². The highest BCUT2D eigenvalue weighted by atomic mass is 35.5. The third-order valence-corrected chi connectivity index (χ3v) is 3.89. The van der Waals surface area contributed by atoms with Gasteiger partial charge in [-0.15, -0.1) is 0 Å². The van der Waals surface area contributed by atoms with E-state index in [0.717, 1.165) is 27.6 Å². The lowest BCUT2D eigenvalue weighted by Gasteiger charge is -1.98. The quantitative estimate of drug-likeness (QED) is 0.734. The van der Waals surface area contributed by atoms with Crippen LogP contribution in [0.1, 0.15) is 11.3 Å². The van der Waals surface area contributed by atoms with Crippen LogP contribution in [0.2, 0.25) is 5.02 Å². The van der Waals surface area contributed by atoms with E-state index in [-0.39, 0.29) is 0 Å². The molecule has 0 spiro atoms. The molecule has 0 aliphatic carbocycles. The topological polar surface area (TPSA) is 41.6 Å². The molecule has 0 radical (unpaired) electrons. The Bertz CT molecular complexity index is 724. The van der Waals surface area contributed by atoms with Gasteiger partial charge in [-0.1, -0.05) is 29.4 Å². The number of fused-ring (bicyclic) bond motifs is 1. The van der Waals surface area contributed by atoms with Gasteiger partial charge in [0.2, 0.25) is 0 Å². The average Bonchev–Trinajstić information content (AvgIpc) is 2.78. The molecule has 96 valence electrons. The molecule has 3 rings (SSSR count). The Kier molecular flexibility index (Phi) is 3.44. The molecular weight excluding hydrogens is 278 g/mol. The number of hydrogen-bond acceptors (Lipinski definition) is 3. The number of H-pyrrole nitrogens is 1. The Morgan fingerprint density at radius 2 is 2.16 bits per heavy atom. The highest BCUT2D eigenvalue weighted by Crippen LogP contribution is 2.23. The minimum atomic E-state index is 0.714. The van der Waals surface area contributed by atoms with E-state index in [1.807, 2.05) is 12.1 Å². The van der Waals surface area contributed by atoms with E-state index < -0.39 is 0 Å². The van der Waals surface area contributed by atoms with Gasteiger partial charge in [0, 0.05) is 17.0 Å². The SMILES string of the molecule is Cc1ccc2nc(SCc3cc(Cl)ccn3)[nH]c2c1. The van der Waals surface area contributed by atoms with Gasteiger partial charge in [-0.2, -0.15) is 0 Å². The van der Waals surface area contributed by atoms with Crippen molar-refractivity contribution in [2.24, 2.45) is 0 Å². The van der Waals surface area contributed by atoms with E-state index >= 15 is 0 Å². The number of pyridine rings is 1. The van der Waals surface area contributed by atoms with Crippen LogP contribution in [0.25, 0.3) is 11.0 Å². The Morgan fingerprint density at radius 1 is 1.26 bits per heavy atom. The van der Waals surface area contributed by atoms with Crippen LogP contribution in [0, 0.1) is 6.92 Å². The third-order valence-electron chi connectivity index (χ3n) is 2.75. The minimum absolute atomic E-state index is 0.714. The number of benzene rings is 1. The second kappa shape index (κ2) is 5.23. The number of aromatic nitrogens is 3. The number of imidazole rings is 1. The number of halogens is 1. The summed E-state index contributed by atoms with van der Waals surface area (Å²) >= 11 is 7.56. The summed E-state index contributed by atoms with van der Waals surface area (Å²) in [5.41, 5.74) is 4.24. The molecule has 1 N–H and O–H groups in total. The molecule has 1 aromatic carbocycles. The molecule has 19 heavy (non-hydrogen) atoms. The monoisotopic (exact) mass is 289 g/mol. The first-order chi connectivity index (χ1) is 9.20. The van der Waals surface area contributed by atoms with E-state index in [2.05, 4.69) is 34.0 Å².